The Bertz CT molecular complexity index is 844. The Labute approximate surface area is 158 Å². The maximum Gasteiger partial charge on any atom is 0.416 e. The average molecular weight is 400 g/mol. The highest BCUT2D eigenvalue weighted by atomic mass is 32.1. The van der Waals surface area contributed by atoms with Gasteiger partial charge in [0.25, 0.3) is 0 Å². The van der Waals surface area contributed by atoms with E-state index in [1.807, 2.05) is 0 Å². The summed E-state index contributed by atoms with van der Waals surface area (Å²) in [6.45, 7) is 3.95. The molecule has 1 aromatic heterocycles. The van der Waals surface area contributed by atoms with Crippen LogP contribution in [0.25, 0.3) is 10.2 Å². The van der Waals surface area contributed by atoms with E-state index in [1.165, 1.54) is 24.3 Å². The summed E-state index contributed by atoms with van der Waals surface area (Å²) in [6, 6.07) is 3.46. The van der Waals surface area contributed by atoms with E-state index in [2.05, 4.69) is 10.3 Å². The van der Waals surface area contributed by atoms with Crippen LogP contribution in [0.5, 0.6) is 0 Å². The van der Waals surface area contributed by atoms with Gasteiger partial charge in [-0.2, -0.15) is 13.2 Å². The third kappa shape index (κ3) is 4.68. The van der Waals surface area contributed by atoms with Crippen LogP contribution in [0.15, 0.2) is 18.2 Å². The van der Waals surface area contributed by atoms with E-state index in [0.29, 0.717) is 42.6 Å². The lowest BCUT2D eigenvalue weighted by molar-refractivity contribution is -0.138. The maximum atomic E-state index is 12.8. The van der Waals surface area contributed by atoms with Gasteiger partial charge in [0.05, 0.1) is 15.8 Å². The van der Waals surface area contributed by atoms with Crippen LogP contribution in [-0.4, -0.2) is 59.3 Å². The fourth-order valence-corrected chi connectivity index (χ4v) is 3.76. The van der Waals surface area contributed by atoms with E-state index < -0.39 is 11.7 Å². The molecule has 27 heavy (non-hydrogen) atoms. The van der Waals surface area contributed by atoms with Gasteiger partial charge in [-0.15, -0.1) is 0 Å². The largest absolute Gasteiger partial charge is 0.416 e. The number of carbonyl (C=O) groups is 2. The minimum Gasteiger partial charge on any atom is -0.361 e. The maximum absolute atomic E-state index is 12.8. The SMILES string of the molecule is CC(=O)N1CCN(C(=O)CCNc2nc3cc(C(F)(F)F)ccc3s2)CC1. The third-order valence-corrected chi connectivity index (χ3v) is 5.40. The van der Waals surface area contributed by atoms with Crippen LogP contribution in [-0.2, 0) is 15.8 Å². The molecule has 1 saturated heterocycles. The molecule has 2 amide bonds. The number of thiazole rings is 1. The van der Waals surface area contributed by atoms with Gasteiger partial charge in [0, 0.05) is 46.1 Å². The molecular formula is C17H19F3N4O2S. The predicted molar refractivity (Wildman–Crippen MR) is 96.6 cm³/mol. The van der Waals surface area contributed by atoms with Crippen molar-refractivity contribution < 1.29 is 22.8 Å². The van der Waals surface area contributed by atoms with Crippen LogP contribution in [0.1, 0.15) is 18.9 Å². The molecule has 2 heterocycles. The number of aromatic nitrogens is 1. The molecule has 10 heteroatoms. The van der Waals surface area contributed by atoms with Gasteiger partial charge in [0.15, 0.2) is 5.13 Å². The number of fused-ring (bicyclic) bond motifs is 1. The Morgan fingerprint density at radius 3 is 2.48 bits per heavy atom. The van der Waals surface area contributed by atoms with Gasteiger partial charge in [0.2, 0.25) is 11.8 Å². The number of benzene rings is 1. The topological polar surface area (TPSA) is 65.5 Å². The number of nitrogens with zero attached hydrogens (tertiary/aromatic N) is 3. The van der Waals surface area contributed by atoms with Gasteiger partial charge in [-0.25, -0.2) is 4.98 Å². The van der Waals surface area contributed by atoms with Gasteiger partial charge >= 0.3 is 6.18 Å². The summed E-state index contributed by atoms with van der Waals surface area (Å²) >= 11 is 1.25. The van der Waals surface area contributed by atoms with Crippen molar-refractivity contribution in [2.24, 2.45) is 0 Å². The van der Waals surface area contributed by atoms with E-state index in [9.17, 15) is 22.8 Å². The number of hydrogen-bond acceptors (Lipinski definition) is 5. The van der Waals surface area contributed by atoms with Crippen molar-refractivity contribution in [2.45, 2.75) is 19.5 Å². The molecule has 146 valence electrons. The normalized spacial score (nSPS) is 15.3. The molecule has 0 atom stereocenters. The van der Waals surface area contributed by atoms with Crippen LogP contribution < -0.4 is 5.32 Å². The molecule has 1 N–H and O–H groups in total. The monoisotopic (exact) mass is 400 g/mol. The number of carbonyl (C=O) groups excluding carboxylic acids is 2. The van der Waals surface area contributed by atoms with E-state index in [4.69, 9.17) is 0 Å². The van der Waals surface area contributed by atoms with Crippen LogP contribution in [0.4, 0.5) is 18.3 Å². The Morgan fingerprint density at radius 1 is 1.19 bits per heavy atom. The Hall–Kier alpha value is -2.36. The molecular weight excluding hydrogens is 381 g/mol. The smallest absolute Gasteiger partial charge is 0.361 e. The summed E-state index contributed by atoms with van der Waals surface area (Å²) in [7, 11) is 0. The van der Waals surface area contributed by atoms with Crippen molar-refractivity contribution in [3.05, 3.63) is 23.8 Å². The van der Waals surface area contributed by atoms with Gasteiger partial charge in [0.1, 0.15) is 0 Å². The molecule has 0 aliphatic carbocycles. The standard InChI is InChI=1S/C17H19F3N4O2S/c1-11(25)23-6-8-24(9-7-23)15(26)4-5-21-16-22-13-10-12(17(18,19)20)2-3-14(13)27-16/h2-3,10H,4-9H2,1H3,(H,21,22). The summed E-state index contributed by atoms with van der Waals surface area (Å²) in [5.74, 6) is -0.0144. The van der Waals surface area contributed by atoms with E-state index >= 15 is 0 Å². The lowest BCUT2D eigenvalue weighted by atomic mass is 10.2. The average Bonchev–Trinajstić information content (AvgIpc) is 3.02. The molecule has 1 aromatic carbocycles. The number of hydrogen-bond donors (Lipinski definition) is 1. The third-order valence-electron chi connectivity index (χ3n) is 4.41. The molecule has 1 aliphatic heterocycles. The molecule has 2 aromatic rings. The van der Waals surface area contributed by atoms with Crippen molar-refractivity contribution >= 4 is 38.5 Å². The van der Waals surface area contributed by atoms with Crippen LogP contribution >= 0.6 is 11.3 Å². The highest BCUT2D eigenvalue weighted by Gasteiger charge is 2.30. The highest BCUT2D eigenvalue weighted by Crippen LogP contribution is 2.33. The molecule has 3 rings (SSSR count). The molecule has 0 spiro atoms. The number of halogens is 3. The summed E-state index contributed by atoms with van der Waals surface area (Å²) in [5.41, 5.74) is -0.448. The predicted octanol–water partition coefficient (Wildman–Crippen LogP) is 2.81. The summed E-state index contributed by atoms with van der Waals surface area (Å²) in [6.07, 6.45) is -4.14. The van der Waals surface area contributed by atoms with Crippen molar-refractivity contribution in [1.29, 1.82) is 0 Å². The Kier molecular flexibility index (Phi) is 5.54. The van der Waals surface area contributed by atoms with Crippen molar-refractivity contribution in [2.75, 3.05) is 38.0 Å². The van der Waals surface area contributed by atoms with E-state index in [-0.39, 0.29) is 23.8 Å². The zero-order valence-corrected chi connectivity index (χ0v) is 15.5. The summed E-state index contributed by atoms with van der Waals surface area (Å²) in [4.78, 5) is 31.1. The number of piperazine rings is 1. The first-order valence-electron chi connectivity index (χ1n) is 8.49. The summed E-state index contributed by atoms with van der Waals surface area (Å²) in [5, 5.41) is 3.49. The first-order chi connectivity index (χ1) is 12.7. The summed E-state index contributed by atoms with van der Waals surface area (Å²) < 4.78 is 38.9. The molecule has 0 unspecified atom stereocenters. The second kappa shape index (κ2) is 7.71. The fraction of sp³-hybridized carbons (Fsp3) is 0.471. The van der Waals surface area contributed by atoms with Gasteiger partial charge < -0.3 is 15.1 Å². The zero-order chi connectivity index (χ0) is 19.6. The minimum absolute atomic E-state index is 0.00767. The Balaban J connectivity index is 1.52. The van der Waals surface area contributed by atoms with Crippen LogP contribution in [0.2, 0.25) is 0 Å². The number of nitrogens with one attached hydrogen (secondary N) is 1. The van der Waals surface area contributed by atoms with Crippen molar-refractivity contribution in [3.8, 4) is 0 Å². The van der Waals surface area contributed by atoms with Crippen LogP contribution in [0.3, 0.4) is 0 Å². The zero-order valence-electron chi connectivity index (χ0n) is 14.7. The number of anilines is 1. The molecule has 0 saturated carbocycles. The molecule has 1 fully saturated rings. The number of amides is 2. The Morgan fingerprint density at radius 2 is 1.85 bits per heavy atom. The second-order valence-electron chi connectivity index (χ2n) is 6.26. The van der Waals surface area contributed by atoms with Crippen molar-refractivity contribution in [1.82, 2.24) is 14.8 Å². The lowest BCUT2D eigenvalue weighted by Crippen LogP contribution is -2.50. The molecule has 0 radical (unpaired) electrons. The van der Waals surface area contributed by atoms with Crippen molar-refractivity contribution in [3.63, 3.8) is 0 Å². The number of alkyl halides is 3. The first kappa shape index (κ1) is 19.4. The quantitative estimate of drug-likeness (QED) is 0.857. The molecule has 6 nitrogen and oxygen atoms in total. The van der Waals surface area contributed by atoms with Crippen LogP contribution in [0, 0.1) is 0 Å². The molecule has 0 bridgehead atoms. The lowest BCUT2D eigenvalue weighted by Gasteiger charge is -2.34. The number of rotatable bonds is 4. The highest BCUT2D eigenvalue weighted by molar-refractivity contribution is 7.22. The van der Waals surface area contributed by atoms with E-state index in [0.717, 1.165) is 12.1 Å². The minimum atomic E-state index is -4.40. The first-order valence-corrected chi connectivity index (χ1v) is 9.30. The van der Waals surface area contributed by atoms with E-state index in [1.54, 1.807) is 9.80 Å². The fourth-order valence-electron chi connectivity index (χ4n) is 2.88. The van der Waals surface area contributed by atoms with Gasteiger partial charge in [-0.05, 0) is 18.2 Å². The second-order valence-corrected chi connectivity index (χ2v) is 7.29. The molecule has 1 aliphatic rings. The van der Waals surface area contributed by atoms with Gasteiger partial charge in [-0.3, -0.25) is 9.59 Å². The van der Waals surface area contributed by atoms with Gasteiger partial charge in [-0.1, -0.05) is 11.3 Å².